The van der Waals surface area contributed by atoms with E-state index in [1.807, 2.05) is 17.7 Å². The monoisotopic (exact) mass is 338 g/mol. The maximum Gasteiger partial charge on any atom is 0.220 e. The molecule has 2 N–H and O–H groups in total. The lowest BCUT2D eigenvalue weighted by Gasteiger charge is -2.07. The average molecular weight is 338 g/mol. The summed E-state index contributed by atoms with van der Waals surface area (Å²) >= 11 is 0. The zero-order valence-corrected chi connectivity index (χ0v) is 15.0. The van der Waals surface area contributed by atoms with Gasteiger partial charge in [0.15, 0.2) is 0 Å². The van der Waals surface area contributed by atoms with Crippen molar-refractivity contribution >= 4 is 16.8 Å². The van der Waals surface area contributed by atoms with Crippen LogP contribution in [0.15, 0.2) is 36.5 Å². The predicted octanol–water partition coefficient (Wildman–Crippen LogP) is 3.51. The lowest BCUT2D eigenvalue weighted by Crippen LogP contribution is -2.25. The minimum absolute atomic E-state index is 0.133. The topological polar surface area (TPSA) is 62.7 Å². The van der Waals surface area contributed by atoms with Crippen molar-refractivity contribution in [2.75, 3.05) is 6.54 Å². The van der Waals surface area contributed by atoms with Crippen molar-refractivity contribution in [3.05, 3.63) is 53.5 Å². The lowest BCUT2D eigenvalue weighted by atomic mass is 10.1. The second-order valence-electron chi connectivity index (χ2n) is 6.57. The van der Waals surface area contributed by atoms with Crippen LogP contribution in [0.25, 0.3) is 10.9 Å². The van der Waals surface area contributed by atoms with Gasteiger partial charge in [-0.15, -0.1) is 0 Å². The van der Waals surface area contributed by atoms with E-state index in [0.717, 1.165) is 37.0 Å². The van der Waals surface area contributed by atoms with E-state index >= 15 is 0 Å². The van der Waals surface area contributed by atoms with E-state index in [2.05, 4.69) is 52.8 Å². The minimum Gasteiger partial charge on any atom is -0.361 e. The Morgan fingerprint density at radius 2 is 2.08 bits per heavy atom. The second kappa shape index (κ2) is 8.01. The van der Waals surface area contributed by atoms with Crippen LogP contribution in [-0.2, 0) is 17.8 Å². The maximum atomic E-state index is 12.0. The molecule has 0 saturated carbocycles. The lowest BCUT2D eigenvalue weighted by molar-refractivity contribution is -0.121. The van der Waals surface area contributed by atoms with Crippen LogP contribution in [0.5, 0.6) is 0 Å². The molecular weight excluding hydrogens is 312 g/mol. The number of amides is 1. The summed E-state index contributed by atoms with van der Waals surface area (Å²) in [5.41, 5.74) is 4.65. The fourth-order valence-corrected chi connectivity index (χ4v) is 3.22. The van der Waals surface area contributed by atoms with E-state index in [1.54, 1.807) is 0 Å². The molecule has 0 fully saturated rings. The molecule has 3 aromatic rings. The van der Waals surface area contributed by atoms with Gasteiger partial charge in [0.2, 0.25) is 5.91 Å². The van der Waals surface area contributed by atoms with Crippen molar-refractivity contribution in [1.29, 1.82) is 0 Å². The summed E-state index contributed by atoms with van der Waals surface area (Å²) < 4.78 is 2.00. The van der Waals surface area contributed by atoms with Crippen LogP contribution in [-0.4, -0.2) is 27.2 Å². The zero-order chi connectivity index (χ0) is 17.6. The van der Waals surface area contributed by atoms with Gasteiger partial charge < -0.3 is 10.3 Å². The zero-order valence-electron chi connectivity index (χ0n) is 15.0. The number of benzene rings is 1. The Morgan fingerprint density at radius 3 is 2.88 bits per heavy atom. The largest absolute Gasteiger partial charge is 0.361 e. The number of nitrogens with zero attached hydrogens (tertiary/aromatic N) is 2. The summed E-state index contributed by atoms with van der Waals surface area (Å²) in [6, 6.07) is 10.4. The molecule has 5 nitrogen and oxygen atoms in total. The van der Waals surface area contributed by atoms with Crippen molar-refractivity contribution in [3.8, 4) is 0 Å². The third-order valence-electron chi connectivity index (χ3n) is 4.50. The number of hydrogen-bond donors (Lipinski definition) is 2. The standard InChI is InChI=1S/C20H26N4O/c1-15-13-16(2)24(23-15)12-6-11-21-20(25)10-5-7-17-14-22-19-9-4-3-8-18(17)19/h3-4,8-9,13-14,22H,5-7,10-12H2,1-2H3,(H,21,25). The van der Waals surface area contributed by atoms with Crippen molar-refractivity contribution in [2.45, 2.75) is 46.1 Å². The first kappa shape index (κ1) is 17.3. The van der Waals surface area contributed by atoms with Gasteiger partial charge in [0, 0.05) is 42.3 Å². The smallest absolute Gasteiger partial charge is 0.220 e. The molecule has 0 aliphatic heterocycles. The van der Waals surface area contributed by atoms with Gasteiger partial charge in [-0.2, -0.15) is 5.10 Å². The first-order valence-corrected chi connectivity index (χ1v) is 8.96. The highest BCUT2D eigenvalue weighted by Gasteiger charge is 2.06. The summed E-state index contributed by atoms with van der Waals surface area (Å²) in [4.78, 5) is 15.3. The molecule has 1 amide bonds. The van der Waals surface area contributed by atoms with Crippen LogP contribution in [0.2, 0.25) is 0 Å². The Balaban J connectivity index is 1.35. The van der Waals surface area contributed by atoms with Gasteiger partial charge in [-0.1, -0.05) is 18.2 Å². The van der Waals surface area contributed by atoms with Crippen molar-refractivity contribution < 1.29 is 4.79 Å². The quantitative estimate of drug-likeness (QED) is 0.617. The third kappa shape index (κ3) is 4.50. The number of para-hydroxylation sites is 1. The molecule has 0 aliphatic carbocycles. The predicted molar refractivity (Wildman–Crippen MR) is 101 cm³/mol. The van der Waals surface area contributed by atoms with Gasteiger partial charge in [-0.05, 0) is 50.8 Å². The number of rotatable bonds is 8. The van der Waals surface area contributed by atoms with Crippen molar-refractivity contribution in [3.63, 3.8) is 0 Å². The van der Waals surface area contributed by atoms with Gasteiger partial charge in [0.1, 0.15) is 0 Å². The van der Waals surface area contributed by atoms with Crippen LogP contribution >= 0.6 is 0 Å². The summed E-state index contributed by atoms with van der Waals surface area (Å²) in [5, 5.41) is 8.70. The maximum absolute atomic E-state index is 12.0. The van der Waals surface area contributed by atoms with Gasteiger partial charge in [0.25, 0.3) is 0 Å². The summed E-state index contributed by atoms with van der Waals surface area (Å²) in [7, 11) is 0. The number of aromatic amines is 1. The number of carbonyl (C=O) groups excluding carboxylic acids is 1. The molecule has 132 valence electrons. The van der Waals surface area contributed by atoms with E-state index in [-0.39, 0.29) is 5.91 Å². The Labute approximate surface area is 148 Å². The number of fused-ring (bicyclic) bond motifs is 1. The van der Waals surface area contributed by atoms with E-state index in [4.69, 9.17) is 0 Å². The number of carbonyl (C=O) groups is 1. The molecular formula is C20H26N4O. The normalized spacial score (nSPS) is 11.1. The van der Waals surface area contributed by atoms with Crippen LogP contribution in [0, 0.1) is 13.8 Å². The van der Waals surface area contributed by atoms with Crippen LogP contribution in [0.1, 0.15) is 36.2 Å². The molecule has 5 heteroatoms. The summed E-state index contributed by atoms with van der Waals surface area (Å²) in [5.74, 6) is 0.133. The molecule has 25 heavy (non-hydrogen) atoms. The van der Waals surface area contributed by atoms with E-state index in [1.165, 1.54) is 16.6 Å². The van der Waals surface area contributed by atoms with Crippen LogP contribution < -0.4 is 5.32 Å². The highest BCUT2D eigenvalue weighted by molar-refractivity contribution is 5.83. The van der Waals surface area contributed by atoms with Crippen molar-refractivity contribution in [2.24, 2.45) is 0 Å². The molecule has 0 spiro atoms. The van der Waals surface area contributed by atoms with Crippen LogP contribution in [0.4, 0.5) is 0 Å². The molecule has 0 saturated heterocycles. The number of aryl methyl sites for hydroxylation is 4. The molecule has 1 aromatic carbocycles. The van der Waals surface area contributed by atoms with Crippen molar-refractivity contribution in [1.82, 2.24) is 20.1 Å². The molecule has 2 aromatic heterocycles. The molecule has 0 atom stereocenters. The molecule has 0 unspecified atom stereocenters. The average Bonchev–Trinajstić information content (AvgIpc) is 3.15. The third-order valence-corrected chi connectivity index (χ3v) is 4.50. The van der Waals surface area contributed by atoms with Gasteiger partial charge in [-0.3, -0.25) is 9.48 Å². The number of aromatic nitrogens is 3. The summed E-state index contributed by atoms with van der Waals surface area (Å²) in [6.45, 7) is 5.60. The van der Waals surface area contributed by atoms with E-state index < -0.39 is 0 Å². The summed E-state index contributed by atoms with van der Waals surface area (Å²) in [6.07, 6.45) is 5.31. The van der Waals surface area contributed by atoms with Gasteiger partial charge in [0.05, 0.1) is 5.69 Å². The van der Waals surface area contributed by atoms with Gasteiger partial charge >= 0.3 is 0 Å². The molecule has 0 aliphatic rings. The fraction of sp³-hybridized carbons (Fsp3) is 0.400. The van der Waals surface area contributed by atoms with E-state index in [9.17, 15) is 4.79 Å². The number of nitrogens with one attached hydrogen (secondary N) is 2. The van der Waals surface area contributed by atoms with Crippen LogP contribution in [0.3, 0.4) is 0 Å². The number of H-pyrrole nitrogens is 1. The Bertz CT molecular complexity index is 846. The SMILES string of the molecule is Cc1cc(C)n(CCCNC(=O)CCCc2c[nH]c3ccccc23)n1. The highest BCUT2D eigenvalue weighted by Crippen LogP contribution is 2.19. The molecule has 0 radical (unpaired) electrons. The molecule has 3 rings (SSSR count). The Morgan fingerprint density at radius 1 is 1.24 bits per heavy atom. The first-order valence-electron chi connectivity index (χ1n) is 8.96. The second-order valence-corrected chi connectivity index (χ2v) is 6.57. The number of hydrogen-bond acceptors (Lipinski definition) is 2. The fourth-order valence-electron chi connectivity index (χ4n) is 3.22. The first-order chi connectivity index (χ1) is 12.1. The minimum atomic E-state index is 0.133. The molecule has 0 bridgehead atoms. The Kier molecular flexibility index (Phi) is 5.53. The van der Waals surface area contributed by atoms with Gasteiger partial charge in [-0.25, -0.2) is 0 Å². The Hall–Kier alpha value is -2.56. The van der Waals surface area contributed by atoms with E-state index in [0.29, 0.717) is 13.0 Å². The highest BCUT2D eigenvalue weighted by atomic mass is 16.1. The molecule has 2 heterocycles.